The van der Waals surface area contributed by atoms with Gasteiger partial charge in [-0.2, -0.15) is 0 Å². The van der Waals surface area contributed by atoms with Gasteiger partial charge in [0.25, 0.3) is 5.91 Å². The van der Waals surface area contributed by atoms with Crippen LogP contribution < -0.4 is 5.32 Å². The minimum absolute atomic E-state index is 0.0475. The largest absolute Gasteiger partial charge is 0.318 e. The van der Waals surface area contributed by atoms with Crippen LogP contribution in [0.15, 0.2) is 55.0 Å². The van der Waals surface area contributed by atoms with Crippen LogP contribution in [0.3, 0.4) is 0 Å². The van der Waals surface area contributed by atoms with Gasteiger partial charge in [0.1, 0.15) is 11.5 Å². The van der Waals surface area contributed by atoms with E-state index in [9.17, 15) is 9.18 Å². The Morgan fingerprint density at radius 1 is 1.14 bits per heavy atom. The molecule has 0 unspecified atom stereocenters. The minimum atomic E-state index is -0.407. The SMILES string of the molecule is Cc1c(C2CC2)nc2ccc(NC(=O)c3ncc(-c4cccc(F)c4)cn3)cn12. The number of hydrogen-bond acceptors (Lipinski definition) is 4. The van der Waals surface area contributed by atoms with Crippen LogP contribution in [-0.2, 0) is 0 Å². The highest BCUT2D eigenvalue weighted by atomic mass is 19.1. The van der Waals surface area contributed by atoms with E-state index in [0.717, 1.165) is 17.0 Å². The van der Waals surface area contributed by atoms with Crippen LogP contribution >= 0.6 is 0 Å². The van der Waals surface area contributed by atoms with Crippen molar-refractivity contribution >= 4 is 17.2 Å². The molecule has 5 rings (SSSR count). The minimum Gasteiger partial charge on any atom is -0.318 e. The van der Waals surface area contributed by atoms with E-state index in [-0.39, 0.29) is 11.6 Å². The number of nitrogens with one attached hydrogen (secondary N) is 1. The maximum atomic E-state index is 13.4. The third-order valence-corrected chi connectivity index (χ3v) is 5.13. The van der Waals surface area contributed by atoms with E-state index in [1.165, 1.54) is 37.4 Å². The number of anilines is 1. The van der Waals surface area contributed by atoms with Crippen LogP contribution in [-0.4, -0.2) is 25.3 Å². The molecule has 0 radical (unpaired) electrons. The van der Waals surface area contributed by atoms with Crippen LogP contribution in [0.2, 0.25) is 0 Å². The summed E-state index contributed by atoms with van der Waals surface area (Å²) < 4.78 is 15.4. The summed E-state index contributed by atoms with van der Waals surface area (Å²) in [5, 5.41) is 2.83. The number of rotatable bonds is 4. The van der Waals surface area contributed by atoms with Crippen LogP contribution in [0.4, 0.5) is 10.1 Å². The van der Waals surface area contributed by atoms with Gasteiger partial charge in [0.05, 0.1) is 11.4 Å². The van der Waals surface area contributed by atoms with Crippen molar-refractivity contribution in [1.29, 1.82) is 0 Å². The van der Waals surface area contributed by atoms with E-state index in [0.29, 0.717) is 22.7 Å². The van der Waals surface area contributed by atoms with Gasteiger partial charge >= 0.3 is 0 Å². The second kappa shape index (κ2) is 6.77. The fourth-order valence-electron chi connectivity index (χ4n) is 3.45. The van der Waals surface area contributed by atoms with Gasteiger partial charge in [-0.25, -0.2) is 19.3 Å². The standard InChI is InChI=1S/C22H18FN5O/c1-13-20(14-5-6-14)27-19-8-7-18(12-28(13)19)26-22(29)21-24-10-16(11-25-21)15-3-2-4-17(23)9-15/h2-4,7-12,14H,5-6H2,1H3,(H,26,29). The van der Waals surface area contributed by atoms with E-state index in [1.807, 2.05) is 29.7 Å². The molecule has 29 heavy (non-hydrogen) atoms. The van der Waals surface area contributed by atoms with E-state index in [1.54, 1.807) is 12.1 Å². The Balaban J connectivity index is 1.36. The summed E-state index contributed by atoms with van der Waals surface area (Å²) in [6, 6.07) is 9.86. The highest BCUT2D eigenvalue weighted by molar-refractivity contribution is 6.01. The van der Waals surface area contributed by atoms with Gasteiger partial charge in [0.2, 0.25) is 5.82 Å². The summed E-state index contributed by atoms with van der Waals surface area (Å²) >= 11 is 0. The number of halogens is 1. The third-order valence-electron chi connectivity index (χ3n) is 5.13. The monoisotopic (exact) mass is 387 g/mol. The molecule has 1 aliphatic rings. The van der Waals surface area contributed by atoms with Gasteiger partial charge < -0.3 is 9.72 Å². The quantitative estimate of drug-likeness (QED) is 0.564. The molecule has 1 aromatic carbocycles. The number of imidazole rings is 1. The average molecular weight is 387 g/mol. The van der Waals surface area contributed by atoms with Crippen molar-refractivity contribution in [2.45, 2.75) is 25.7 Å². The first-order valence-corrected chi connectivity index (χ1v) is 9.46. The number of aromatic nitrogens is 4. The summed E-state index contributed by atoms with van der Waals surface area (Å²) in [5.41, 5.74) is 5.06. The van der Waals surface area contributed by atoms with Gasteiger partial charge in [-0.05, 0) is 49.6 Å². The zero-order valence-electron chi connectivity index (χ0n) is 15.8. The third kappa shape index (κ3) is 3.35. The number of nitrogens with zero attached hydrogens (tertiary/aromatic N) is 4. The zero-order valence-corrected chi connectivity index (χ0v) is 15.8. The van der Waals surface area contributed by atoms with Crippen molar-refractivity contribution < 1.29 is 9.18 Å². The van der Waals surface area contributed by atoms with Crippen LogP contribution in [0, 0.1) is 12.7 Å². The Labute approximate surface area is 166 Å². The first kappa shape index (κ1) is 17.5. The molecule has 144 valence electrons. The normalized spacial score (nSPS) is 13.6. The van der Waals surface area contributed by atoms with Crippen LogP contribution in [0.1, 0.15) is 40.8 Å². The van der Waals surface area contributed by atoms with Crippen molar-refractivity contribution in [1.82, 2.24) is 19.4 Å². The molecule has 3 aromatic heterocycles. The molecule has 1 N–H and O–H groups in total. The van der Waals surface area contributed by atoms with Crippen molar-refractivity contribution in [3.63, 3.8) is 0 Å². The number of pyridine rings is 1. The van der Waals surface area contributed by atoms with Crippen LogP contribution in [0.5, 0.6) is 0 Å². The molecule has 1 amide bonds. The molecule has 6 nitrogen and oxygen atoms in total. The van der Waals surface area contributed by atoms with Gasteiger partial charge in [-0.1, -0.05) is 12.1 Å². The lowest BCUT2D eigenvalue weighted by Crippen LogP contribution is -2.15. The zero-order chi connectivity index (χ0) is 20.0. The Morgan fingerprint density at radius 2 is 1.93 bits per heavy atom. The number of carbonyl (C=O) groups is 1. The van der Waals surface area contributed by atoms with Crippen molar-refractivity contribution in [3.8, 4) is 11.1 Å². The number of fused-ring (bicyclic) bond motifs is 1. The predicted molar refractivity (Wildman–Crippen MR) is 107 cm³/mol. The van der Waals surface area contributed by atoms with Crippen molar-refractivity contribution in [2.75, 3.05) is 5.32 Å². The Hall–Kier alpha value is -3.61. The van der Waals surface area contributed by atoms with Gasteiger partial charge in [-0.3, -0.25) is 4.79 Å². The number of hydrogen-bond donors (Lipinski definition) is 1. The predicted octanol–water partition coefficient (Wildman–Crippen LogP) is 4.37. The fourth-order valence-corrected chi connectivity index (χ4v) is 3.45. The Kier molecular flexibility index (Phi) is 4.08. The molecule has 0 atom stereocenters. The lowest BCUT2D eigenvalue weighted by Gasteiger charge is -2.06. The number of amides is 1. The molecule has 1 aliphatic carbocycles. The number of benzene rings is 1. The molecule has 4 aromatic rings. The molecule has 3 heterocycles. The number of carbonyl (C=O) groups excluding carboxylic acids is 1. The second-order valence-corrected chi connectivity index (χ2v) is 7.26. The highest BCUT2D eigenvalue weighted by Crippen LogP contribution is 2.41. The topological polar surface area (TPSA) is 72.2 Å². The van der Waals surface area contributed by atoms with Gasteiger partial charge in [-0.15, -0.1) is 0 Å². The molecule has 1 fully saturated rings. The Bertz CT molecular complexity index is 1230. The molecule has 7 heteroatoms. The van der Waals surface area contributed by atoms with Crippen molar-refractivity contribution in [3.05, 3.63) is 78.0 Å². The smallest absolute Gasteiger partial charge is 0.293 e. The van der Waals surface area contributed by atoms with E-state index in [4.69, 9.17) is 4.98 Å². The van der Waals surface area contributed by atoms with Gasteiger partial charge in [0, 0.05) is 35.8 Å². The summed E-state index contributed by atoms with van der Waals surface area (Å²) in [4.78, 5) is 25.5. The maximum absolute atomic E-state index is 13.4. The molecule has 1 saturated carbocycles. The molecular formula is C22H18FN5O. The van der Waals surface area contributed by atoms with E-state index < -0.39 is 5.91 Å². The van der Waals surface area contributed by atoms with E-state index >= 15 is 0 Å². The summed E-state index contributed by atoms with van der Waals surface area (Å²) in [6.45, 7) is 2.05. The summed E-state index contributed by atoms with van der Waals surface area (Å²) in [6.07, 6.45) is 7.28. The molecule has 0 bridgehead atoms. The number of aryl methyl sites for hydroxylation is 1. The summed E-state index contributed by atoms with van der Waals surface area (Å²) in [5.74, 6) is -0.126. The maximum Gasteiger partial charge on any atom is 0.293 e. The van der Waals surface area contributed by atoms with Crippen LogP contribution in [0.25, 0.3) is 16.8 Å². The van der Waals surface area contributed by atoms with E-state index in [2.05, 4.69) is 15.3 Å². The highest BCUT2D eigenvalue weighted by Gasteiger charge is 2.28. The molecule has 0 aliphatic heterocycles. The lowest BCUT2D eigenvalue weighted by molar-refractivity contribution is 0.101. The molecule has 0 saturated heterocycles. The average Bonchev–Trinajstić information content (AvgIpc) is 3.52. The fraction of sp³-hybridized carbons (Fsp3) is 0.182. The Morgan fingerprint density at radius 3 is 2.66 bits per heavy atom. The summed E-state index contributed by atoms with van der Waals surface area (Å²) in [7, 11) is 0. The molecule has 0 spiro atoms. The van der Waals surface area contributed by atoms with Crippen molar-refractivity contribution in [2.24, 2.45) is 0 Å². The second-order valence-electron chi connectivity index (χ2n) is 7.26. The van der Waals surface area contributed by atoms with Gasteiger partial charge in [0.15, 0.2) is 0 Å². The first-order chi connectivity index (χ1) is 14.1. The first-order valence-electron chi connectivity index (χ1n) is 9.46. The lowest BCUT2D eigenvalue weighted by atomic mass is 10.1. The molecular weight excluding hydrogens is 369 g/mol.